The molecule has 0 aliphatic carbocycles. The van der Waals surface area contributed by atoms with E-state index < -0.39 is 30.7 Å². The minimum Gasteiger partial charge on any atom is -0.481 e. The molecular weight excluding hydrogens is 276 g/mol. The highest BCUT2D eigenvalue weighted by Crippen LogP contribution is 2.19. The molecule has 2 rings (SSSR count). The first-order valence-electron chi connectivity index (χ1n) is 6.38. The predicted octanol–water partition coefficient (Wildman–Crippen LogP) is 0.374. The van der Waals surface area contributed by atoms with E-state index in [9.17, 15) is 14.7 Å². The summed E-state index contributed by atoms with van der Waals surface area (Å²) in [5.41, 5.74) is 7.53. The minimum absolute atomic E-state index is 0.259. The van der Waals surface area contributed by atoms with Crippen LogP contribution in [-0.4, -0.2) is 39.5 Å². The Morgan fingerprint density at radius 1 is 1.33 bits per heavy atom. The number of aliphatic carboxylic acids is 1. The number of aromatic amines is 1. The molecular formula is C14H16N2O5. The Balaban J connectivity index is 1.97. The van der Waals surface area contributed by atoms with E-state index in [0.29, 0.717) is 0 Å². The van der Waals surface area contributed by atoms with E-state index in [2.05, 4.69) is 4.98 Å². The number of ether oxygens (including phenoxy) is 1. The first kappa shape index (κ1) is 15.0. The highest BCUT2D eigenvalue weighted by Gasteiger charge is 2.22. The van der Waals surface area contributed by atoms with Crippen LogP contribution in [0.3, 0.4) is 0 Å². The molecule has 2 aromatic rings. The Hall–Kier alpha value is -2.38. The van der Waals surface area contributed by atoms with Gasteiger partial charge in [0.15, 0.2) is 12.3 Å². The molecule has 0 aliphatic heterocycles. The SMILES string of the molecule is NC(Cc1c[nH]c2ccccc12)OC(=O)C(O)CC(=O)O. The third-order valence-corrected chi connectivity index (χ3v) is 3.00. The predicted molar refractivity (Wildman–Crippen MR) is 74.3 cm³/mol. The number of carbonyl (C=O) groups excluding carboxylic acids is 1. The summed E-state index contributed by atoms with van der Waals surface area (Å²) < 4.78 is 4.85. The highest BCUT2D eigenvalue weighted by molar-refractivity contribution is 5.83. The quantitative estimate of drug-likeness (QED) is 0.450. The van der Waals surface area contributed by atoms with Crippen molar-refractivity contribution in [3.05, 3.63) is 36.0 Å². The average Bonchev–Trinajstić information content (AvgIpc) is 2.81. The number of hydrogen-bond donors (Lipinski definition) is 4. The third-order valence-electron chi connectivity index (χ3n) is 3.00. The maximum absolute atomic E-state index is 11.5. The van der Waals surface area contributed by atoms with Gasteiger partial charge in [-0.2, -0.15) is 0 Å². The van der Waals surface area contributed by atoms with Crippen LogP contribution in [0.25, 0.3) is 10.9 Å². The number of nitrogens with one attached hydrogen (secondary N) is 1. The van der Waals surface area contributed by atoms with Crippen molar-refractivity contribution in [2.45, 2.75) is 25.2 Å². The number of carboxylic acid groups (broad SMARTS) is 1. The van der Waals surface area contributed by atoms with Crippen LogP contribution in [0.15, 0.2) is 30.5 Å². The first-order chi connectivity index (χ1) is 9.97. The number of benzene rings is 1. The van der Waals surface area contributed by atoms with Crippen LogP contribution in [0.2, 0.25) is 0 Å². The molecule has 0 spiro atoms. The molecule has 1 heterocycles. The van der Waals surface area contributed by atoms with Gasteiger partial charge in [0.2, 0.25) is 0 Å². The van der Waals surface area contributed by atoms with Gasteiger partial charge in [0.1, 0.15) is 0 Å². The number of hydrogen-bond acceptors (Lipinski definition) is 5. The molecule has 112 valence electrons. The standard InChI is InChI=1S/C14H16N2O5/c15-12(21-14(20)11(17)6-13(18)19)5-8-7-16-10-4-2-1-3-9(8)10/h1-4,7,11-12,16-17H,5-6,15H2,(H,18,19). The molecule has 2 unspecified atom stereocenters. The number of nitrogens with two attached hydrogens (primary N) is 1. The highest BCUT2D eigenvalue weighted by atomic mass is 16.6. The summed E-state index contributed by atoms with van der Waals surface area (Å²) in [6.45, 7) is 0. The van der Waals surface area contributed by atoms with Gasteiger partial charge >= 0.3 is 11.9 Å². The molecule has 0 saturated carbocycles. The van der Waals surface area contributed by atoms with Gasteiger partial charge in [-0.3, -0.25) is 10.5 Å². The van der Waals surface area contributed by atoms with E-state index in [1.807, 2.05) is 24.3 Å². The van der Waals surface area contributed by atoms with Crippen molar-refractivity contribution < 1.29 is 24.5 Å². The fourth-order valence-electron chi connectivity index (χ4n) is 2.04. The van der Waals surface area contributed by atoms with Crippen molar-refractivity contribution in [2.75, 3.05) is 0 Å². The zero-order chi connectivity index (χ0) is 15.4. The lowest BCUT2D eigenvalue weighted by Crippen LogP contribution is -2.35. The second-order valence-corrected chi connectivity index (χ2v) is 4.65. The zero-order valence-corrected chi connectivity index (χ0v) is 11.2. The Bertz CT molecular complexity index is 652. The Labute approximate surface area is 120 Å². The largest absolute Gasteiger partial charge is 0.481 e. The smallest absolute Gasteiger partial charge is 0.337 e. The zero-order valence-electron chi connectivity index (χ0n) is 11.2. The van der Waals surface area contributed by atoms with Gasteiger partial charge in [0.25, 0.3) is 0 Å². The van der Waals surface area contributed by atoms with E-state index in [4.69, 9.17) is 15.6 Å². The van der Waals surface area contributed by atoms with Gasteiger partial charge in [-0.15, -0.1) is 0 Å². The van der Waals surface area contributed by atoms with E-state index >= 15 is 0 Å². The van der Waals surface area contributed by atoms with Crippen molar-refractivity contribution in [1.82, 2.24) is 4.98 Å². The maximum Gasteiger partial charge on any atom is 0.337 e. The van der Waals surface area contributed by atoms with Crippen molar-refractivity contribution in [1.29, 1.82) is 0 Å². The lowest BCUT2D eigenvalue weighted by Gasteiger charge is -2.15. The summed E-state index contributed by atoms with van der Waals surface area (Å²) in [5.74, 6) is -2.32. The second-order valence-electron chi connectivity index (χ2n) is 4.65. The number of fused-ring (bicyclic) bond motifs is 1. The average molecular weight is 292 g/mol. The van der Waals surface area contributed by atoms with Gasteiger partial charge in [0, 0.05) is 23.5 Å². The molecule has 0 radical (unpaired) electrons. The van der Waals surface area contributed by atoms with Gasteiger partial charge in [-0.05, 0) is 11.6 Å². The van der Waals surface area contributed by atoms with Crippen LogP contribution in [-0.2, 0) is 20.7 Å². The number of carbonyl (C=O) groups is 2. The molecule has 0 aliphatic rings. The molecule has 0 amide bonds. The number of carboxylic acids is 1. The van der Waals surface area contributed by atoms with Gasteiger partial charge < -0.3 is 19.9 Å². The fourth-order valence-corrected chi connectivity index (χ4v) is 2.04. The van der Waals surface area contributed by atoms with Crippen LogP contribution < -0.4 is 5.73 Å². The van der Waals surface area contributed by atoms with Crippen LogP contribution in [0.4, 0.5) is 0 Å². The van der Waals surface area contributed by atoms with Crippen LogP contribution in [0.5, 0.6) is 0 Å². The summed E-state index contributed by atoms with van der Waals surface area (Å²) >= 11 is 0. The minimum atomic E-state index is -1.71. The second kappa shape index (κ2) is 6.38. The first-order valence-corrected chi connectivity index (χ1v) is 6.38. The Morgan fingerprint density at radius 2 is 2.05 bits per heavy atom. The number of aliphatic hydroxyl groups excluding tert-OH is 1. The monoisotopic (exact) mass is 292 g/mol. The van der Waals surface area contributed by atoms with Gasteiger partial charge in [0.05, 0.1) is 6.42 Å². The summed E-state index contributed by atoms with van der Waals surface area (Å²) in [5, 5.41) is 18.8. The number of para-hydroxylation sites is 1. The molecule has 0 bridgehead atoms. The Kier molecular flexibility index (Phi) is 4.56. The normalized spacial score (nSPS) is 13.8. The van der Waals surface area contributed by atoms with Crippen LogP contribution >= 0.6 is 0 Å². The van der Waals surface area contributed by atoms with Crippen molar-refractivity contribution in [3.63, 3.8) is 0 Å². The molecule has 2 atom stereocenters. The van der Waals surface area contributed by atoms with E-state index in [1.165, 1.54) is 0 Å². The van der Waals surface area contributed by atoms with Gasteiger partial charge in [-0.25, -0.2) is 4.79 Å². The molecule has 7 heteroatoms. The summed E-state index contributed by atoms with van der Waals surface area (Å²) in [6, 6.07) is 7.60. The molecule has 0 saturated heterocycles. The number of esters is 1. The lowest BCUT2D eigenvalue weighted by molar-refractivity contribution is -0.162. The molecule has 1 aromatic heterocycles. The molecule has 5 N–H and O–H groups in total. The number of H-pyrrole nitrogens is 1. The van der Waals surface area contributed by atoms with Crippen molar-refractivity contribution in [2.24, 2.45) is 5.73 Å². The molecule has 21 heavy (non-hydrogen) atoms. The molecule has 0 fully saturated rings. The molecule has 7 nitrogen and oxygen atoms in total. The van der Waals surface area contributed by atoms with E-state index in [0.717, 1.165) is 16.5 Å². The topological polar surface area (TPSA) is 126 Å². The van der Waals surface area contributed by atoms with E-state index in [1.54, 1.807) is 6.20 Å². The van der Waals surface area contributed by atoms with Crippen LogP contribution in [0.1, 0.15) is 12.0 Å². The van der Waals surface area contributed by atoms with Crippen molar-refractivity contribution in [3.8, 4) is 0 Å². The number of aromatic nitrogens is 1. The number of aliphatic hydroxyl groups is 1. The molecule has 1 aromatic carbocycles. The third kappa shape index (κ3) is 3.80. The van der Waals surface area contributed by atoms with Crippen LogP contribution in [0, 0.1) is 0 Å². The maximum atomic E-state index is 11.5. The summed E-state index contributed by atoms with van der Waals surface area (Å²) in [6.07, 6.45) is -1.35. The Morgan fingerprint density at radius 3 is 2.76 bits per heavy atom. The summed E-state index contributed by atoms with van der Waals surface area (Å²) in [4.78, 5) is 24.9. The number of rotatable bonds is 6. The summed E-state index contributed by atoms with van der Waals surface area (Å²) in [7, 11) is 0. The van der Waals surface area contributed by atoms with E-state index in [-0.39, 0.29) is 6.42 Å². The van der Waals surface area contributed by atoms with Crippen molar-refractivity contribution >= 4 is 22.8 Å². The lowest BCUT2D eigenvalue weighted by atomic mass is 10.1. The fraction of sp³-hybridized carbons (Fsp3) is 0.286. The van der Waals surface area contributed by atoms with Gasteiger partial charge in [-0.1, -0.05) is 18.2 Å².